The molecule has 2 rings (SSSR count). The molecule has 0 aliphatic carbocycles. The van der Waals surface area contributed by atoms with Crippen molar-refractivity contribution in [2.24, 2.45) is 11.8 Å². The smallest absolute Gasteiger partial charge is 0.328 e. The van der Waals surface area contributed by atoms with Crippen molar-refractivity contribution in [3.05, 3.63) is 72.6 Å². The van der Waals surface area contributed by atoms with E-state index in [4.69, 9.17) is 9.47 Å². The minimum absolute atomic E-state index is 0.0865. The van der Waals surface area contributed by atoms with Gasteiger partial charge in [-0.2, -0.15) is 0 Å². The Morgan fingerprint density at radius 1 is 1.09 bits per heavy atom. The van der Waals surface area contributed by atoms with E-state index in [1.54, 1.807) is 30.3 Å². The molecular formula is C26H32FNO6S. The molecule has 0 aliphatic rings. The van der Waals surface area contributed by atoms with Crippen molar-refractivity contribution in [1.82, 2.24) is 5.32 Å². The van der Waals surface area contributed by atoms with Crippen LogP contribution in [0.5, 0.6) is 5.75 Å². The highest BCUT2D eigenvalue weighted by Crippen LogP contribution is 2.21. The van der Waals surface area contributed by atoms with Crippen molar-refractivity contribution in [2.45, 2.75) is 37.6 Å². The molecule has 2 aromatic carbocycles. The molecule has 2 atom stereocenters. The molecule has 0 radical (unpaired) electrons. The number of methoxy groups -OCH3 is 1. The lowest BCUT2D eigenvalue weighted by Gasteiger charge is -2.23. The lowest BCUT2D eigenvalue weighted by Crippen LogP contribution is -2.46. The molecule has 0 aromatic heterocycles. The number of sulfone groups is 1. The molecule has 35 heavy (non-hydrogen) atoms. The second kappa shape index (κ2) is 13.0. The number of esters is 1. The Labute approximate surface area is 206 Å². The maximum atomic E-state index is 13.3. The first kappa shape index (κ1) is 28.0. The third-order valence-corrected chi connectivity index (χ3v) is 7.08. The third-order valence-electron chi connectivity index (χ3n) is 5.25. The van der Waals surface area contributed by atoms with Crippen LogP contribution in [-0.4, -0.2) is 45.8 Å². The summed E-state index contributed by atoms with van der Waals surface area (Å²) in [6.07, 6.45) is 2.05. The van der Waals surface area contributed by atoms with Crippen molar-refractivity contribution in [2.75, 3.05) is 19.5 Å². The van der Waals surface area contributed by atoms with Crippen LogP contribution >= 0.6 is 0 Å². The van der Waals surface area contributed by atoms with Gasteiger partial charge in [0.2, 0.25) is 5.91 Å². The molecule has 7 nitrogen and oxygen atoms in total. The second-order valence-electron chi connectivity index (χ2n) is 8.59. The molecule has 1 amide bonds. The summed E-state index contributed by atoms with van der Waals surface area (Å²) in [4.78, 5) is 25.4. The number of hydrogen-bond donors (Lipinski definition) is 1. The van der Waals surface area contributed by atoms with Crippen molar-refractivity contribution in [1.29, 1.82) is 0 Å². The number of hydrogen-bond acceptors (Lipinski definition) is 6. The highest BCUT2D eigenvalue weighted by Gasteiger charge is 2.31. The van der Waals surface area contributed by atoms with E-state index in [9.17, 15) is 22.4 Å². The summed E-state index contributed by atoms with van der Waals surface area (Å²) >= 11 is 0. The Morgan fingerprint density at radius 2 is 1.71 bits per heavy atom. The van der Waals surface area contributed by atoms with Gasteiger partial charge in [0.1, 0.15) is 24.2 Å². The number of carbonyl (C=O) groups is 2. The fourth-order valence-corrected chi connectivity index (χ4v) is 5.05. The minimum Gasteiger partial charge on any atom is -0.490 e. The third kappa shape index (κ3) is 8.83. The van der Waals surface area contributed by atoms with Gasteiger partial charge in [0.05, 0.1) is 23.7 Å². The van der Waals surface area contributed by atoms with E-state index in [1.165, 1.54) is 19.2 Å². The van der Waals surface area contributed by atoms with E-state index in [0.717, 1.165) is 12.1 Å². The molecule has 2 aromatic rings. The Balaban J connectivity index is 2.31. The Kier molecular flexibility index (Phi) is 10.4. The summed E-state index contributed by atoms with van der Waals surface area (Å²) in [7, 11) is -2.70. The fraction of sp³-hybridized carbons (Fsp3) is 0.385. The zero-order valence-electron chi connectivity index (χ0n) is 20.2. The minimum atomic E-state index is -3.93. The van der Waals surface area contributed by atoms with Crippen LogP contribution in [0.4, 0.5) is 4.39 Å². The zero-order valence-corrected chi connectivity index (χ0v) is 21.0. The van der Waals surface area contributed by atoms with Gasteiger partial charge in [0.15, 0.2) is 9.84 Å². The van der Waals surface area contributed by atoms with Crippen LogP contribution in [0.1, 0.15) is 25.8 Å². The number of rotatable bonds is 13. The van der Waals surface area contributed by atoms with Crippen LogP contribution in [0.3, 0.4) is 0 Å². The van der Waals surface area contributed by atoms with E-state index < -0.39 is 45.2 Å². The quantitative estimate of drug-likeness (QED) is 0.253. The Hall–Kier alpha value is -3.20. The van der Waals surface area contributed by atoms with Gasteiger partial charge in [-0.25, -0.2) is 17.6 Å². The van der Waals surface area contributed by atoms with Gasteiger partial charge in [-0.05, 0) is 60.7 Å². The molecule has 0 heterocycles. The lowest BCUT2D eigenvalue weighted by molar-refractivity contribution is -0.146. The molecule has 1 N–H and O–H groups in total. The number of carbonyl (C=O) groups excluding carboxylic acids is 2. The number of halogens is 1. The first-order valence-corrected chi connectivity index (χ1v) is 12.9. The van der Waals surface area contributed by atoms with Crippen LogP contribution in [0, 0.1) is 17.7 Å². The number of nitrogens with one attached hydrogen (secondary N) is 1. The summed E-state index contributed by atoms with van der Waals surface area (Å²) in [5, 5.41) is 2.67. The topological polar surface area (TPSA) is 98.8 Å². The van der Waals surface area contributed by atoms with Crippen molar-refractivity contribution < 1.29 is 31.9 Å². The average Bonchev–Trinajstić information content (AvgIpc) is 2.82. The lowest BCUT2D eigenvalue weighted by atomic mass is 9.98. The molecule has 0 aliphatic heterocycles. The van der Waals surface area contributed by atoms with Crippen LogP contribution in [-0.2, 0) is 30.6 Å². The molecule has 0 bridgehead atoms. The molecular weight excluding hydrogens is 473 g/mol. The standard InChI is InChI=1S/C26H32FNO6S/c1-5-14-34-22-10-6-19(7-11-22)16-20(17-35(31,32)23-12-8-21(27)9-13-23)25(29)28-24(15-18(2)3)26(30)33-4/h5-13,18,20,24H,1,14-17H2,2-4H3,(H,28,29)/t20-,24+/m1/s1. The van der Waals surface area contributed by atoms with Gasteiger partial charge in [-0.1, -0.05) is 38.6 Å². The first-order chi connectivity index (χ1) is 16.6. The fourth-order valence-electron chi connectivity index (χ4n) is 3.51. The van der Waals surface area contributed by atoms with E-state index in [1.807, 2.05) is 13.8 Å². The predicted molar refractivity (Wildman–Crippen MR) is 131 cm³/mol. The number of amides is 1. The van der Waals surface area contributed by atoms with Crippen LogP contribution in [0.15, 0.2) is 66.1 Å². The van der Waals surface area contributed by atoms with E-state index in [-0.39, 0.29) is 17.2 Å². The van der Waals surface area contributed by atoms with Gasteiger partial charge in [0.25, 0.3) is 0 Å². The summed E-state index contributed by atoms with van der Waals surface area (Å²) < 4.78 is 49.7. The van der Waals surface area contributed by atoms with Gasteiger partial charge < -0.3 is 14.8 Å². The van der Waals surface area contributed by atoms with Gasteiger partial charge >= 0.3 is 5.97 Å². The molecule has 0 saturated carbocycles. The second-order valence-corrected chi connectivity index (χ2v) is 10.6. The maximum Gasteiger partial charge on any atom is 0.328 e. The zero-order chi connectivity index (χ0) is 26.0. The highest BCUT2D eigenvalue weighted by atomic mass is 32.2. The summed E-state index contributed by atoms with van der Waals surface area (Å²) in [6.45, 7) is 7.73. The number of ether oxygens (including phenoxy) is 2. The monoisotopic (exact) mass is 505 g/mol. The Bertz CT molecular complexity index is 1100. The van der Waals surface area contributed by atoms with Gasteiger partial charge in [-0.15, -0.1) is 0 Å². The summed E-state index contributed by atoms with van der Waals surface area (Å²) in [5.74, 6) is -2.58. The molecule has 0 saturated heterocycles. The van der Waals surface area contributed by atoms with Crippen molar-refractivity contribution in [3.63, 3.8) is 0 Å². The summed E-state index contributed by atoms with van der Waals surface area (Å²) in [6, 6.07) is 10.5. The number of benzene rings is 2. The van der Waals surface area contributed by atoms with Crippen molar-refractivity contribution >= 4 is 21.7 Å². The highest BCUT2D eigenvalue weighted by molar-refractivity contribution is 7.91. The largest absolute Gasteiger partial charge is 0.490 e. The van der Waals surface area contributed by atoms with E-state index >= 15 is 0 Å². The van der Waals surface area contributed by atoms with Gasteiger partial charge in [0, 0.05) is 0 Å². The SMILES string of the molecule is C=CCOc1ccc(C[C@H](CS(=O)(=O)c2ccc(F)cc2)C(=O)N[C@@H](CC(C)C)C(=O)OC)cc1. The van der Waals surface area contributed by atoms with Crippen LogP contribution in [0.2, 0.25) is 0 Å². The first-order valence-electron chi connectivity index (χ1n) is 11.2. The van der Waals surface area contributed by atoms with Crippen LogP contribution < -0.4 is 10.1 Å². The van der Waals surface area contributed by atoms with E-state index in [0.29, 0.717) is 24.3 Å². The van der Waals surface area contributed by atoms with Gasteiger partial charge in [-0.3, -0.25) is 4.79 Å². The predicted octanol–water partition coefficient (Wildman–Crippen LogP) is 3.73. The van der Waals surface area contributed by atoms with Crippen LogP contribution in [0.25, 0.3) is 0 Å². The maximum absolute atomic E-state index is 13.3. The van der Waals surface area contributed by atoms with E-state index in [2.05, 4.69) is 11.9 Å². The summed E-state index contributed by atoms with van der Waals surface area (Å²) in [5.41, 5.74) is 0.712. The molecule has 190 valence electrons. The molecule has 9 heteroatoms. The Morgan fingerprint density at radius 3 is 2.26 bits per heavy atom. The van der Waals surface area contributed by atoms with Crippen molar-refractivity contribution in [3.8, 4) is 5.75 Å². The molecule has 0 spiro atoms. The average molecular weight is 506 g/mol. The molecule has 0 unspecified atom stereocenters. The molecule has 0 fully saturated rings. The normalized spacial score (nSPS) is 13.1.